The third-order valence-electron chi connectivity index (χ3n) is 2.58. The second kappa shape index (κ2) is 5.88. The van der Waals surface area contributed by atoms with Gasteiger partial charge in [0.2, 0.25) is 0 Å². The number of carbonyl (C=O) groups excluding carboxylic acids is 1. The van der Waals surface area contributed by atoms with Crippen molar-refractivity contribution in [3.8, 4) is 5.75 Å². The summed E-state index contributed by atoms with van der Waals surface area (Å²) in [5.74, 6) is -1.75. The second-order valence-corrected chi connectivity index (χ2v) is 4.36. The van der Waals surface area contributed by atoms with E-state index in [-0.39, 0.29) is 17.0 Å². The molecule has 0 spiro atoms. The monoisotopic (exact) mass is 297 g/mol. The van der Waals surface area contributed by atoms with Gasteiger partial charge in [0.05, 0.1) is 18.4 Å². The molecule has 0 aliphatic heterocycles. The molecule has 2 aromatic carbocycles. The van der Waals surface area contributed by atoms with E-state index in [9.17, 15) is 13.6 Å². The highest BCUT2D eigenvalue weighted by atomic mass is 35.5. The number of anilines is 1. The summed E-state index contributed by atoms with van der Waals surface area (Å²) in [6.45, 7) is 0. The molecule has 2 aromatic rings. The Morgan fingerprint density at radius 1 is 1.20 bits per heavy atom. The van der Waals surface area contributed by atoms with Gasteiger partial charge in [0, 0.05) is 11.1 Å². The summed E-state index contributed by atoms with van der Waals surface area (Å²) in [7, 11) is 1.39. The summed E-state index contributed by atoms with van der Waals surface area (Å²) >= 11 is 5.81. The Hall–Kier alpha value is -2.14. The van der Waals surface area contributed by atoms with Crippen molar-refractivity contribution in [1.29, 1.82) is 0 Å². The Morgan fingerprint density at radius 2 is 1.95 bits per heavy atom. The van der Waals surface area contributed by atoms with E-state index in [0.717, 1.165) is 18.2 Å². The van der Waals surface area contributed by atoms with Gasteiger partial charge in [-0.15, -0.1) is 0 Å². The number of hydrogen-bond donors (Lipinski definition) is 1. The first-order chi connectivity index (χ1) is 9.51. The Bertz CT molecular complexity index is 662. The fourth-order valence-electron chi connectivity index (χ4n) is 1.64. The van der Waals surface area contributed by atoms with Gasteiger partial charge in [-0.1, -0.05) is 11.6 Å². The fraction of sp³-hybridized carbons (Fsp3) is 0.0714. The lowest BCUT2D eigenvalue weighted by atomic mass is 10.1. The van der Waals surface area contributed by atoms with Crippen molar-refractivity contribution < 1.29 is 18.3 Å². The number of amides is 1. The summed E-state index contributed by atoms with van der Waals surface area (Å²) in [5, 5.41) is 2.61. The van der Waals surface area contributed by atoms with Crippen LogP contribution in [0.15, 0.2) is 36.4 Å². The average molecular weight is 298 g/mol. The topological polar surface area (TPSA) is 38.3 Å². The van der Waals surface area contributed by atoms with Crippen LogP contribution >= 0.6 is 11.6 Å². The van der Waals surface area contributed by atoms with Crippen molar-refractivity contribution in [2.24, 2.45) is 0 Å². The number of carbonyl (C=O) groups is 1. The van der Waals surface area contributed by atoms with E-state index < -0.39 is 17.5 Å². The van der Waals surface area contributed by atoms with E-state index in [1.807, 2.05) is 0 Å². The predicted molar refractivity (Wildman–Crippen MR) is 72.3 cm³/mol. The van der Waals surface area contributed by atoms with Crippen molar-refractivity contribution in [1.82, 2.24) is 0 Å². The van der Waals surface area contributed by atoms with E-state index in [4.69, 9.17) is 16.3 Å². The van der Waals surface area contributed by atoms with Crippen LogP contribution in [0.2, 0.25) is 5.02 Å². The Labute approximate surface area is 119 Å². The van der Waals surface area contributed by atoms with E-state index in [2.05, 4.69) is 5.32 Å². The predicted octanol–water partition coefficient (Wildman–Crippen LogP) is 3.88. The van der Waals surface area contributed by atoms with Crippen molar-refractivity contribution in [3.05, 3.63) is 58.6 Å². The van der Waals surface area contributed by atoms with Gasteiger partial charge in [0.25, 0.3) is 5.91 Å². The lowest BCUT2D eigenvalue weighted by Crippen LogP contribution is -2.14. The molecule has 1 N–H and O–H groups in total. The first-order valence-electron chi connectivity index (χ1n) is 5.61. The maximum Gasteiger partial charge on any atom is 0.259 e. The van der Waals surface area contributed by atoms with E-state index >= 15 is 0 Å². The molecule has 0 fully saturated rings. The minimum Gasteiger partial charge on any atom is -0.496 e. The number of ether oxygens (including phenoxy) is 1. The maximum atomic E-state index is 13.5. The molecule has 0 aromatic heterocycles. The second-order valence-electron chi connectivity index (χ2n) is 3.92. The maximum absolute atomic E-state index is 13.5. The minimum atomic E-state index is -0.735. The highest BCUT2D eigenvalue weighted by Gasteiger charge is 2.15. The van der Waals surface area contributed by atoms with Gasteiger partial charge >= 0.3 is 0 Å². The molecule has 0 saturated carbocycles. The summed E-state index contributed by atoms with van der Waals surface area (Å²) in [6, 6.07) is 7.24. The molecule has 104 valence electrons. The van der Waals surface area contributed by atoms with Gasteiger partial charge in [-0.25, -0.2) is 8.78 Å². The highest BCUT2D eigenvalue weighted by molar-refractivity contribution is 6.31. The number of nitrogens with one attached hydrogen (secondary N) is 1. The van der Waals surface area contributed by atoms with Crippen molar-refractivity contribution in [2.45, 2.75) is 0 Å². The largest absolute Gasteiger partial charge is 0.496 e. The average Bonchev–Trinajstić information content (AvgIpc) is 2.42. The molecule has 0 saturated heterocycles. The molecule has 1 amide bonds. The molecule has 6 heteroatoms. The Morgan fingerprint density at radius 3 is 2.65 bits per heavy atom. The third-order valence-corrected chi connectivity index (χ3v) is 2.82. The molecular formula is C14H10ClF2NO2. The standard InChI is InChI=1S/C14H10ClF2NO2/c1-20-13-5-2-8(15)6-10(13)14(19)18-12-7-9(16)3-4-11(12)17/h2-7H,1H3,(H,18,19). The molecule has 0 unspecified atom stereocenters. The normalized spacial score (nSPS) is 10.2. The first kappa shape index (κ1) is 14.3. The fourth-order valence-corrected chi connectivity index (χ4v) is 1.81. The molecule has 0 bridgehead atoms. The SMILES string of the molecule is COc1ccc(Cl)cc1C(=O)Nc1cc(F)ccc1F. The number of rotatable bonds is 3. The zero-order chi connectivity index (χ0) is 14.7. The van der Waals surface area contributed by atoms with Crippen molar-refractivity contribution >= 4 is 23.2 Å². The highest BCUT2D eigenvalue weighted by Crippen LogP contribution is 2.24. The molecule has 20 heavy (non-hydrogen) atoms. The minimum absolute atomic E-state index is 0.128. The summed E-state index contributed by atoms with van der Waals surface area (Å²) in [5.41, 5.74) is -0.124. The lowest BCUT2D eigenvalue weighted by molar-refractivity contribution is 0.102. The van der Waals surface area contributed by atoms with Crippen LogP contribution in [0.3, 0.4) is 0 Å². The van der Waals surface area contributed by atoms with E-state index in [1.54, 1.807) is 6.07 Å². The molecule has 3 nitrogen and oxygen atoms in total. The smallest absolute Gasteiger partial charge is 0.259 e. The van der Waals surface area contributed by atoms with Crippen LogP contribution in [0, 0.1) is 11.6 Å². The van der Waals surface area contributed by atoms with Crippen LogP contribution in [0.4, 0.5) is 14.5 Å². The van der Waals surface area contributed by atoms with Crippen LogP contribution in [0.1, 0.15) is 10.4 Å². The lowest BCUT2D eigenvalue weighted by Gasteiger charge is -2.10. The Kier molecular flexibility index (Phi) is 4.20. The van der Waals surface area contributed by atoms with Crippen LogP contribution in [-0.4, -0.2) is 13.0 Å². The molecular weight excluding hydrogens is 288 g/mol. The van der Waals surface area contributed by atoms with E-state index in [0.29, 0.717) is 5.02 Å². The van der Waals surface area contributed by atoms with Gasteiger partial charge in [-0.05, 0) is 30.3 Å². The van der Waals surface area contributed by atoms with Crippen LogP contribution in [0.5, 0.6) is 5.75 Å². The van der Waals surface area contributed by atoms with Gasteiger partial charge in [-0.2, -0.15) is 0 Å². The summed E-state index contributed by atoms with van der Waals surface area (Å²) < 4.78 is 31.5. The molecule has 0 aliphatic rings. The first-order valence-corrected chi connectivity index (χ1v) is 5.99. The van der Waals surface area contributed by atoms with Crippen molar-refractivity contribution in [2.75, 3.05) is 12.4 Å². The number of methoxy groups -OCH3 is 1. The van der Waals surface area contributed by atoms with Crippen LogP contribution in [0.25, 0.3) is 0 Å². The van der Waals surface area contributed by atoms with Crippen LogP contribution in [-0.2, 0) is 0 Å². The summed E-state index contributed by atoms with van der Waals surface area (Å²) in [4.78, 5) is 12.1. The quantitative estimate of drug-likeness (QED) is 0.933. The van der Waals surface area contributed by atoms with Gasteiger partial charge < -0.3 is 10.1 Å². The van der Waals surface area contributed by atoms with Gasteiger partial charge in [0.1, 0.15) is 17.4 Å². The molecule has 0 heterocycles. The van der Waals surface area contributed by atoms with Crippen molar-refractivity contribution in [3.63, 3.8) is 0 Å². The van der Waals surface area contributed by atoms with Gasteiger partial charge in [-0.3, -0.25) is 4.79 Å². The number of hydrogen-bond acceptors (Lipinski definition) is 2. The zero-order valence-corrected chi connectivity index (χ0v) is 11.2. The third kappa shape index (κ3) is 3.05. The number of halogens is 3. The molecule has 0 atom stereocenters. The summed E-state index contributed by atoms with van der Waals surface area (Å²) in [6.07, 6.45) is 0. The van der Waals surface area contributed by atoms with Gasteiger partial charge in [0.15, 0.2) is 0 Å². The Balaban J connectivity index is 2.32. The zero-order valence-electron chi connectivity index (χ0n) is 10.4. The molecule has 2 rings (SSSR count). The molecule has 0 radical (unpaired) electrons. The molecule has 0 aliphatic carbocycles. The van der Waals surface area contributed by atoms with Crippen LogP contribution < -0.4 is 10.1 Å². The van der Waals surface area contributed by atoms with E-state index in [1.165, 1.54) is 19.2 Å². The number of benzene rings is 2.